The van der Waals surface area contributed by atoms with Crippen molar-refractivity contribution in [2.24, 2.45) is 5.73 Å². The van der Waals surface area contributed by atoms with Gasteiger partial charge in [0, 0.05) is 18.5 Å². The molecule has 0 bridgehead atoms. The van der Waals surface area contributed by atoms with Gasteiger partial charge in [0.25, 0.3) is 0 Å². The molecule has 3 atom stereocenters. The smallest absolute Gasteiger partial charge is 0.416 e. The van der Waals surface area contributed by atoms with Crippen molar-refractivity contribution in [2.75, 3.05) is 19.8 Å². The molecule has 0 saturated carbocycles. The van der Waals surface area contributed by atoms with E-state index in [1.54, 1.807) is 6.92 Å². The maximum absolute atomic E-state index is 13.3. The summed E-state index contributed by atoms with van der Waals surface area (Å²) in [5.41, 5.74) is 2.91. The van der Waals surface area contributed by atoms with E-state index in [4.69, 9.17) is 15.2 Å². The molecule has 38 heavy (non-hydrogen) atoms. The quantitative estimate of drug-likeness (QED) is 0.293. The zero-order valence-electron chi connectivity index (χ0n) is 21.2. The first kappa shape index (κ1) is 29.9. The molecule has 5 nitrogen and oxygen atoms in total. The summed E-state index contributed by atoms with van der Waals surface area (Å²) in [6.45, 7) is 3.71. The topological polar surface area (TPSA) is 73.6 Å². The van der Waals surface area contributed by atoms with E-state index < -0.39 is 40.7 Å². The fraction of sp³-hybridized carbons (Fsp3) is 0.519. The van der Waals surface area contributed by atoms with Crippen LogP contribution in [-0.4, -0.2) is 31.3 Å². The van der Waals surface area contributed by atoms with Crippen molar-refractivity contribution in [1.29, 1.82) is 0 Å². The Morgan fingerprint density at radius 1 is 1.03 bits per heavy atom. The fourth-order valence-electron chi connectivity index (χ4n) is 4.57. The number of hydrogen-bond acceptors (Lipinski definition) is 5. The Balaban J connectivity index is 1.80. The molecule has 11 heteroatoms. The van der Waals surface area contributed by atoms with Gasteiger partial charge in [0.05, 0.1) is 36.0 Å². The molecule has 1 aliphatic heterocycles. The molecule has 1 heterocycles. The Labute approximate surface area is 217 Å². The normalized spacial score (nSPS) is 23.2. The molecular formula is C27H32F6N2O3. The van der Waals surface area contributed by atoms with Crippen LogP contribution in [0.25, 0.3) is 0 Å². The average molecular weight is 547 g/mol. The lowest BCUT2D eigenvalue weighted by molar-refractivity contribution is -0.144. The number of piperidine rings is 1. The van der Waals surface area contributed by atoms with E-state index >= 15 is 0 Å². The second-order valence-corrected chi connectivity index (χ2v) is 9.76. The number of benzene rings is 2. The van der Waals surface area contributed by atoms with Gasteiger partial charge >= 0.3 is 18.3 Å². The number of nitrogens with two attached hydrogens (primary N) is 1. The third-order valence-electron chi connectivity index (χ3n) is 6.95. The molecule has 0 spiro atoms. The molecule has 0 aromatic heterocycles. The summed E-state index contributed by atoms with van der Waals surface area (Å²) in [5.74, 6) is -0.339. The van der Waals surface area contributed by atoms with E-state index in [2.05, 4.69) is 5.32 Å². The van der Waals surface area contributed by atoms with Gasteiger partial charge in [0.2, 0.25) is 0 Å². The molecular weight excluding hydrogens is 514 g/mol. The predicted octanol–water partition coefficient (Wildman–Crippen LogP) is 6.12. The van der Waals surface area contributed by atoms with Crippen LogP contribution in [0.1, 0.15) is 67.9 Å². The number of alkyl halides is 6. The predicted molar refractivity (Wildman–Crippen MR) is 129 cm³/mol. The summed E-state index contributed by atoms with van der Waals surface area (Å²) in [6, 6.07) is 10.7. The second kappa shape index (κ2) is 11.6. The van der Waals surface area contributed by atoms with Gasteiger partial charge in [-0.15, -0.1) is 0 Å². The molecule has 0 radical (unpaired) electrons. The summed E-state index contributed by atoms with van der Waals surface area (Å²) in [4.78, 5) is 11.8. The maximum atomic E-state index is 13.3. The van der Waals surface area contributed by atoms with Gasteiger partial charge in [-0.25, -0.2) is 0 Å². The van der Waals surface area contributed by atoms with Crippen molar-refractivity contribution in [3.05, 3.63) is 70.8 Å². The van der Waals surface area contributed by atoms with Gasteiger partial charge in [-0.1, -0.05) is 30.3 Å². The first-order valence-corrected chi connectivity index (χ1v) is 12.3. The Hall–Kier alpha value is -2.63. The van der Waals surface area contributed by atoms with Gasteiger partial charge in [-0.3, -0.25) is 4.79 Å². The number of carbonyl (C=O) groups is 1. The molecule has 0 amide bonds. The zero-order valence-corrected chi connectivity index (χ0v) is 21.2. The molecule has 210 valence electrons. The Morgan fingerprint density at radius 2 is 1.63 bits per heavy atom. The summed E-state index contributed by atoms with van der Waals surface area (Å²) >= 11 is 0. The average Bonchev–Trinajstić information content (AvgIpc) is 2.87. The van der Waals surface area contributed by atoms with Crippen LogP contribution in [0, 0.1) is 0 Å². The van der Waals surface area contributed by atoms with Gasteiger partial charge in [-0.2, -0.15) is 26.3 Å². The number of halogens is 6. The van der Waals surface area contributed by atoms with Crippen molar-refractivity contribution < 1.29 is 40.6 Å². The van der Waals surface area contributed by atoms with Crippen LogP contribution in [0.15, 0.2) is 48.5 Å². The largest absolute Gasteiger partial charge is 0.466 e. The van der Waals surface area contributed by atoms with Crippen molar-refractivity contribution in [3.63, 3.8) is 0 Å². The second-order valence-electron chi connectivity index (χ2n) is 9.76. The lowest BCUT2D eigenvalue weighted by atomic mass is 9.75. The molecule has 3 rings (SSSR count). The van der Waals surface area contributed by atoms with Crippen LogP contribution < -0.4 is 11.1 Å². The van der Waals surface area contributed by atoms with E-state index in [0.717, 1.165) is 5.56 Å². The fourth-order valence-corrected chi connectivity index (χ4v) is 4.57. The number of ether oxygens (including phenoxy) is 2. The van der Waals surface area contributed by atoms with Crippen LogP contribution >= 0.6 is 0 Å². The molecule has 1 fully saturated rings. The van der Waals surface area contributed by atoms with Gasteiger partial charge in [0.15, 0.2) is 0 Å². The summed E-state index contributed by atoms with van der Waals surface area (Å²) < 4.78 is 90.9. The van der Waals surface area contributed by atoms with Gasteiger partial charge in [0.1, 0.15) is 0 Å². The molecule has 1 saturated heterocycles. The number of nitrogens with one attached hydrogen (secondary N) is 1. The number of rotatable bonds is 9. The number of carbonyl (C=O) groups excluding carboxylic acids is 1. The monoisotopic (exact) mass is 546 g/mol. The van der Waals surface area contributed by atoms with Crippen LogP contribution in [0.2, 0.25) is 0 Å². The van der Waals surface area contributed by atoms with Crippen LogP contribution in [0.3, 0.4) is 0 Å². The van der Waals surface area contributed by atoms with Crippen LogP contribution in [0.5, 0.6) is 0 Å². The Kier molecular flexibility index (Phi) is 9.16. The zero-order chi connectivity index (χ0) is 28.2. The van der Waals surface area contributed by atoms with Crippen molar-refractivity contribution >= 4 is 5.97 Å². The van der Waals surface area contributed by atoms with Crippen LogP contribution in [-0.2, 0) is 32.2 Å². The summed E-state index contributed by atoms with van der Waals surface area (Å²) in [6.07, 6.45) is -9.41. The Bertz CT molecular complexity index is 1050. The molecule has 2 aromatic rings. The molecule has 1 aliphatic rings. The third-order valence-corrected chi connectivity index (χ3v) is 6.95. The first-order chi connectivity index (χ1) is 17.7. The van der Waals surface area contributed by atoms with Gasteiger partial charge < -0.3 is 20.5 Å². The Morgan fingerprint density at radius 3 is 2.13 bits per heavy atom. The minimum absolute atomic E-state index is 0.0241. The highest BCUT2D eigenvalue weighted by Gasteiger charge is 2.43. The molecule has 3 N–H and O–H groups in total. The minimum atomic E-state index is -4.94. The van der Waals surface area contributed by atoms with Crippen molar-refractivity contribution in [1.82, 2.24) is 5.32 Å². The molecule has 0 unspecified atom stereocenters. The first-order valence-electron chi connectivity index (χ1n) is 12.3. The summed E-state index contributed by atoms with van der Waals surface area (Å²) in [5, 5.41) is 3.41. The van der Waals surface area contributed by atoms with Crippen molar-refractivity contribution in [3.8, 4) is 0 Å². The van der Waals surface area contributed by atoms with Gasteiger partial charge in [-0.05, 0) is 62.4 Å². The molecule has 2 aromatic carbocycles. The van der Waals surface area contributed by atoms with E-state index in [1.807, 2.05) is 30.3 Å². The third kappa shape index (κ3) is 7.48. The number of esters is 1. The van der Waals surface area contributed by atoms with E-state index in [9.17, 15) is 31.1 Å². The number of hydrogen-bond donors (Lipinski definition) is 2. The summed E-state index contributed by atoms with van der Waals surface area (Å²) in [7, 11) is 0. The van der Waals surface area contributed by atoms with E-state index in [0.29, 0.717) is 37.9 Å². The lowest BCUT2D eigenvalue weighted by Gasteiger charge is -2.46. The molecule has 0 aliphatic carbocycles. The van der Waals surface area contributed by atoms with Crippen molar-refractivity contribution in [2.45, 2.75) is 69.1 Å². The highest BCUT2D eigenvalue weighted by Crippen LogP contribution is 2.40. The highest BCUT2D eigenvalue weighted by atomic mass is 19.4. The van der Waals surface area contributed by atoms with E-state index in [-0.39, 0.29) is 37.2 Å². The highest BCUT2D eigenvalue weighted by molar-refractivity contribution is 5.69. The van der Waals surface area contributed by atoms with E-state index in [1.165, 1.54) is 6.92 Å². The minimum Gasteiger partial charge on any atom is -0.466 e. The van der Waals surface area contributed by atoms with Crippen LogP contribution in [0.4, 0.5) is 26.3 Å². The lowest BCUT2D eigenvalue weighted by Crippen LogP contribution is -2.61. The SMILES string of the molecule is CCOC(=O)CC[C@@]1(N)CC[C@@](CO[C@H](C)c2cc(C(F)(F)F)cc(C(F)(F)F)c2)(c2ccccc2)NC1. The standard InChI is InChI=1S/C27H32F6N2O3/c1-3-37-23(36)9-10-24(34)11-12-25(35-16-24,20-7-5-4-6-8-20)17-38-18(2)19-13-21(26(28,29)30)15-22(14-19)27(31,32)33/h4-8,13-15,18,35H,3,9-12,16-17,34H2,1-2H3/t18-,24-,25-/m1/s1. The maximum Gasteiger partial charge on any atom is 0.416 e.